The highest BCUT2D eigenvalue weighted by Crippen LogP contribution is 2.29. The molecule has 0 radical (unpaired) electrons. The second-order valence-corrected chi connectivity index (χ2v) is 6.58. The molecule has 3 aromatic heterocycles. The van der Waals surface area contributed by atoms with Gasteiger partial charge in [0.25, 0.3) is 0 Å². The van der Waals surface area contributed by atoms with Crippen LogP contribution >= 0.6 is 0 Å². The van der Waals surface area contributed by atoms with Crippen LogP contribution < -0.4 is 4.74 Å². The number of hydrogen-bond acceptors (Lipinski definition) is 5. The summed E-state index contributed by atoms with van der Waals surface area (Å²) in [6.07, 6.45) is 7.45. The zero-order valence-corrected chi connectivity index (χ0v) is 15.5. The third kappa shape index (κ3) is 3.68. The van der Waals surface area contributed by atoms with Crippen LogP contribution in [-0.4, -0.2) is 24.9 Å². The van der Waals surface area contributed by atoms with Gasteiger partial charge in [-0.2, -0.15) is 0 Å². The Hall–Kier alpha value is -4.06. The topological polar surface area (TPSA) is 76.6 Å². The summed E-state index contributed by atoms with van der Waals surface area (Å²) in [4.78, 5) is 20.9. The first kappa shape index (κ1) is 17.1. The SMILES string of the molecule is c1cncc(-c2nccnc2Oc2ccc(Cc3nc4ccccc4[nH]3)cc2)c1. The molecule has 1 N–H and O–H groups in total. The summed E-state index contributed by atoms with van der Waals surface area (Å²) in [5.74, 6) is 2.09. The molecule has 140 valence electrons. The molecule has 0 unspecified atom stereocenters. The molecule has 0 saturated heterocycles. The number of rotatable bonds is 5. The van der Waals surface area contributed by atoms with E-state index in [1.807, 2.05) is 60.7 Å². The molecule has 0 spiro atoms. The predicted molar refractivity (Wildman–Crippen MR) is 111 cm³/mol. The molecule has 0 atom stereocenters. The number of ether oxygens (including phenoxy) is 1. The number of para-hydroxylation sites is 2. The fourth-order valence-electron chi connectivity index (χ4n) is 3.17. The van der Waals surface area contributed by atoms with Crippen molar-refractivity contribution in [3.05, 3.63) is 96.8 Å². The Morgan fingerprint density at radius 1 is 0.828 bits per heavy atom. The van der Waals surface area contributed by atoms with Gasteiger partial charge in [0.2, 0.25) is 5.88 Å². The van der Waals surface area contributed by atoms with E-state index in [0.717, 1.165) is 34.4 Å². The fraction of sp³-hybridized carbons (Fsp3) is 0.0435. The van der Waals surface area contributed by atoms with Gasteiger partial charge < -0.3 is 9.72 Å². The van der Waals surface area contributed by atoms with E-state index >= 15 is 0 Å². The van der Waals surface area contributed by atoms with Gasteiger partial charge in [0.15, 0.2) is 0 Å². The van der Waals surface area contributed by atoms with E-state index in [0.29, 0.717) is 17.3 Å². The molecule has 0 bridgehead atoms. The van der Waals surface area contributed by atoms with Gasteiger partial charge in [0, 0.05) is 36.8 Å². The number of H-pyrrole nitrogens is 1. The Bertz CT molecular complexity index is 1220. The lowest BCUT2D eigenvalue weighted by Gasteiger charge is -2.09. The highest BCUT2D eigenvalue weighted by Gasteiger charge is 2.11. The van der Waals surface area contributed by atoms with Gasteiger partial charge >= 0.3 is 0 Å². The molecular formula is C23H17N5O. The maximum atomic E-state index is 5.99. The van der Waals surface area contributed by atoms with Gasteiger partial charge in [-0.05, 0) is 42.0 Å². The van der Waals surface area contributed by atoms with Crippen LogP contribution in [0, 0.1) is 0 Å². The first-order valence-electron chi connectivity index (χ1n) is 9.27. The highest BCUT2D eigenvalue weighted by atomic mass is 16.5. The molecule has 0 aliphatic rings. The van der Waals surface area contributed by atoms with E-state index in [9.17, 15) is 0 Å². The van der Waals surface area contributed by atoms with Crippen molar-refractivity contribution >= 4 is 11.0 Å². The van der Waals surface area contributed by atoms with E-state index in [1.165, 1.54) is 0 Å². The molecule has 0 fully saturated rings. The Labute approximate surface area is 167 Å². The van der Waals surface area contributed by atoms with Crippen LogP contribution in [0.5, 0.6) is 11.6 Å². The Morgan fingerprint density at radius 2 is 1.69 bits per heavy atom. The molecule has 6 heteroatoms. The van der Waals surface area contributed by atoms with Gasteiger partial charge in [-0.3, -0.25) is 4.98 Å². The van der Waals surface area contributed by atoms with Gasteiger partial charge in [-0.15, -0.1) is 0 Å². The zero-order chi connectivity index (χ0) is 19.5. The van der Waals surface area contributed by atoms with E-state index in [1.54, 1.807) is 24.8 Å². The van der Waals surface area contributed by atoms with Crippen molar-refractivity contribution in [1.82, 2.24) is 24.9 Å². The first-order valence-corrected chi connectivity index (χ1v) is 9.27. The highest BCUT2D eigenvalue weighted by molar-refractivity contribution is 5.74. The van der Waals surface area contributed by atoms with E-state index in [2.05, 4.69) is 24.9 Å². The summed E-state index contributed by atoms with van der Waals surface area (Å²) in [5.41, 5.74) is 4.69. The number of nitrogens with zero attached hydrogens (tertiary/aromatic N) is 4. The van der Waals surface area contributed by atoms with Crippen LogP contribution in [0.4, 0.5) is 0 Å². The van der Waals surface area contributed by atoms with Crippen LogP contribution in [0.2, 0.25) is 0 Å². The molecule has 3 heterocycles. The van der Waals surface area contributed by atoms with Crippen LogP contribution in [-0.2, 0) is 6.42 Å². The maximum absolute atomic E-state index is 5.99. The molecule has 0 aliphatic heterocycles. The monoisotopic (exact) mass is 379 g/mol. The Morgan fingerprint density at radius 3 is 2.52 bits per heavy atom. The zero-order valence-electron chi connectivity index (χ0n) is 15.5. The minimum atomic E-state index is 0.450. The van der Waals surface area contributed by atoms with Gasteiger partial charge in [0.1, 0.15) is 17.3 Å². The summed E-state index contributed by atoms with van der Waals surface area (Å²) in [6.45, 7) is 0. The average Bonchev–Trinajstić information content (AvgIpc) is 3.18. The van der Waals surface area contributed by atoms with Crippen molar-refractivity contribution in [3.63, 3.8) is 0 Å². The van der Waals surface area contributed by atoms with Crippen molar-refractivity contribution in [2.24, 2.45) is 0 Å². The quantitative estimate of drug-likeness (QED) is 0.475. The van der Waals surface area contributed by atoms with Crippen molar-refractivity contribution in [2.45, 2.75) is 6.42 Å². The summed E-state index contributed by atoms with van der Waals surface area (Å²) in [5, 5.41) is 0. The standard InChI is InChI=1S/C23H17N5O/c1-2-6-20-19(5-1)27-21(28-20)14-16-7-9-18(10-8-16)29-23-22(25-12-13-26-23)17-4-3-11-24-15-17/h1-13,15H,14H2,(H,27,28). The van der Waals surface area contributed by atoms with Crippen molar-refractivity contribution in [1.29, 1.82) is 0 Å². The lowest BCUT2D eigenvalue weighted by molar-refractivity contribution is 0.462. The molecule has 5 rings (SSSR count). The molecule has 6 nitrogen and oxygen atoms in total. The predicted octanol–water partition coefficient (Wildman–Crippen LogP) is 4.80. The number of pyridine rings is 1. The smallest absolute Gasteiger partial charge is 0.246 e. The minimum Gasteiger partial charge on any atom is -0.437 e. The van der Waals surface area contributed by atoms with E-state index in [-0.39, 0.29) is 0 Å². The average molecular weight is 379 g/mol. The van der Waals surface area contributed by atoms with Crippen LogP contribution in [0.25, 0.3) is 22.3 Å². The molecule has 0 aliphatic carbocycles. The summed E-state index contributed by atoms with van der Waals surface area (Å²) < 4.78 is 5.99. The van der Waals surface area contributed by atoms with Gasteiger partial charge in [-0.1, -0.05) is 24.3 Å². The lowest BCUT2D eigenvalue weighted by atomic mass is 10.1. The van der Waals surface area contributed by atoms with Crippen molar-refractivity contribution in [2.75, 3.05) is 0 Å². The van der Waals surface area contributed by atoms with Crippen LogP contribution in [0.3, 0.4) is 0 Å². The Kier molecular flexibility index (Phi) is 4.42. The third-order valence-corrected chi connectivity index (χ3v) is 4.55. The minimum absolute atomic E-state index is 0.450. The molecule has 5 aromatic rings. The number of fused-ring (bicyclic) bond motifs is 1. The number of aromatic amines is 1. The van der Waals surface area contributed by atoms with E-state index < -0.39 is 0 Å². The number of imidazole rings is 1. The third-order valence-electron chi connectivity index (χ3n) is 4.55. The summed E-state index contributed by atoms with van der Waals surface area (Å²) >= 11 is 0. The largest absolute Gasteiger partial charge is 0.437 e. The van der Waals surface area contributed by atoms with Gasteiger partial charge in [0.05, 0.1) is 11.0 Å². The Balaban J connectivity index is 1.35. The normalized spacial score (nSPS) is 10.9. The van der Waals surface area contributed by atoms with Crippen molar-refractivity contribution in [3.8, 4) is 22.9 Å². The second kappa shape index (κ2) is 7.52. The number of nitrogens with one attached hydrogen (secondary N) is 1. The lowest BCUT2D eigenvalue weighted by Crippen LogP contribution is -1.95. The molecule has 0 amide bonds. The molecule has 0 saturated carbocycles. The number of hydrogen-bond donors (Lipinski definition) is 1. The number of benzene rings is 2. The summed E-state index contributed by atoms with van der Waals surface area (Å²) in [7, 11) is 0. The first-order chi connectivity index (χ1) is 14.3. The fourth-order valence-corrected chi connectivity index (χ4v) is 3.17. The number of aromatic nitrogens is 5. The second-order valence-electron chi connectivity index (χ2n) is 6.58. The van der Waals surface area contributed by atoms with Crippen molar-refractivity contribution < 1.29 is 4.74 Å². The van der Waals surface area contributed by atoms with Crippen LogP contribution in [0.15, 0.2) is 85.5 Å². The van der Waals surface area contributed by atoms with Gasteiger partial charge in [-0.25, -0.2) is 15.0 Å². The van der Waals surface area contributed by atoms with Crippen LogP contribution in [0.1, 0.15) is 11.4 Å². The molecule has 29 heavy (non-hydrogen) atoms. The summed E-state index contributed by atoms with van der Waals surface area (Å²) in [6, 6.07) is 19.7. The maximum Gasteiger partial charge on any atom is 0.246 e. The molecular weight excluding hydrogens is 362 g/mol. The van der Waals surface area contributed by atoms with E-state index in [4.69, 9.17) is 4.74 Å². The molecule has 2 aromatic carbocycles.